The van der Waals surface area contributed by atoms with Crippen LogP contribution in [0.25, 0.3) is 0 Å². The van der Waals surface area contributed by atoms with Crippen molar-refractivity contribution in [2.45, 2.75) is 25.5 Å². The number of benzene rings is 2. The third-order valence-corrected chi connectivity index (χ3v) is 4.71. The molecule has 0 heterocycles. The van der Waals surface area contributed by atoms with Crippen LogP contribution in [0.2, 0.25) is 0 Å². The molecule has 22 heavy (non-hydrogen) atoms. The Morgan fingerprint density at radius 2 is 1.77 bits per heavy atom. The summed E-state index contributed by atoms with van der Waals surface area (Å²) in [4.78, 5) is 11.9. The summed E-state index contributed by atoms with van der Waals surface area (Å²) >= 11 is 1.66. The molecule has 2 aromatic rings. The number of carbonyl (C=O) groups excluding carboxylic acids is 1. The Balaban J connectivity index is 1.69. The van der Waals surface area contributed by atoms with Crippen molar-refractivity contribution in [1.82, 2.24) is 5.32 Å². The maximum atomic E-state index is 11.9. The Morgan fingerprint density at radius 3 is 2.50 bits per heavy atom. The fraction of sp³-hybridized carbons (Fsp3) is 0.316. The minimum atomic E-state index is 0.112. The fourth-order valence-corrected chi connectivity index (χ4v) is 3.18. The molecule has 2 rings (SSSR count). The predicted molar refractivity (Wildman–Crippen MR) is 95.2 cm³/mol. The van der Waals surface area contributed by atoms with E-state index >= 15 is 0 Å². The van der Waals surface area contributed by atoms with Crippen LogP contribution in [-0.4, -0.2) is 18.2 Å². The van der Waals surface area contributed by atoms with Gasteiger partial charge < -0.3 is 5.32 Å². The average molecular weight is 313 g/mol. The van der Waals surface area contributed by atoms with Crippen molar-refractivity contribution in [1.29, 1.82) is 0 Å². The third-order valence-electron chi connectivity index (χ3n) is 3.73. The third kappa shape index (κ3) is 5.23. The average Bonchev–Trinajstić information content (AvgIpc) is 2.55. The number of hydrogen-bond donors (Lipinski definition) is 1. The van der Waals surface area contributed by atoms with Crippen LogP contribution in [-0.2, 0) is 10.5 Å². The summed E-state index contributed by atoms with van der Waals surface area (Å²) in [6.45, 7) is 4.93. The van der Waals surface area contributed by atoms with Gasteiger partial charge in [-0.1, -0.05) is 61.5 Å². The van der Waals surface area contributed by atoms with Gasteiger partial charge in [-0.25, -0.2) is 0 Å². The van der Waals surface area contributed by atoms with Gasteiger partial charge >= 0.3 is 0 Å². The highest BCUT2D eigenvalue weighted by Crippen LogP contribution is 2.16. The molecule has 3 heteroatoms. The standard InChI is InChI=1S/C19H23NOS/c1-15-8-6-7-11-18(15)13-22-14-19(21)20-12-16(2)17-9-4-3-5-10-17/h3-11,16H,12-14H2,1-2H3,(H,20,21). The molecule has 0 radical (unpaired) electrons. The first-order valence-corrected chi connectivity index (χ1v) is 8.76. The number of carbonyl (C=O) groups is 1. The Bertz CT molecular complexity index is 597. The predicted octanol–water partition coefficient (Wildman–Crippen LogP) is 4.15. The van der Waals surface area contributed by atoms with Crippen LogP contribution in [0.1, 0.15) is 29.5 Å². The van der Waals surface area contributed by atoms with E-state index in [1.54, 1.807) is 11.8 Å². The van der Waals surface area contributed by atoms with Crippen LogP contribution in [0.3, 0.4) is 0 Å². The second-order valence-corrected chi connectivity index (χ2v) is 6.52. The zero-order valence-electron chi connectivity index (χ0n) is 13.2. The molecule has 1 atom stereocenters. The molecule has 2 aromatic carbocycles. The molecule has 0 saturated carbocycles. The van der Waals surface area contributed by atoms with Gasteiger partial charge in [-0.3, -0.25) is 4.79 Å². The number of nitrogens with one attached hydrogen (secondary N) is 1. The Hall–Kier alpha value is -1.74. The number of aryl methyl sites for hydroxylation is 1. The van der Waals surface area contributed by atoms with E-state index in [4.69, 9.17) is 0 Å². The van der Waals surface area contributed by atoms with Crippen LogP contribution >= 0.6 is 11.8 Å². The minimum Gasteiger partial charge on any atom is -0.355 e. The molecule has 2 nitrogen and oxygen atoms in total. The van der Waals surface area contributed by atoms with Crippen LogP contribution in [0.15, 0.2) is 54.6 Å². The monoisotopic (exact) mass is 313 g/mol. The second-order valence-electron chi connectivity index (χ2n) is 5.54. The van der Waals surface area contributed by atoms with Crippen molar-refractivity contribution < 1.29 is 4.79 Å². The van der Waals surface area contributed by atoms with Gasteiger partial charge in [-0.05, 0) is 29.5 Å². The van der Waals surface area contributed by atoms with Crippen LogP contribution in [0, 0.1) is 6.92 Å². The molecular formula is C19H23NOS. The van der Waals surface area contributed by atoms with E-state index in [2.05, 4.69) is 43.4 Å². The summed E-state index contributed by atoms with van der Waals surface area (Å²) in [5.41, 5.74) is 3.85. The maximum Gasteiger partial charge on any atom is 0.230 e. The molecule has 1 N–H and O–H groups in total. The minimum absolute atomic E-state index is 0.112. The SMILES string of the molecule is Cc1ccccc1CSCC(=O)NCC(C)c1ccccc1. The molecule has 0 aromatic heterocycles. The first-order valence-electron chi connectivity index (χ1n) is 7.60. The molecule has 0 fully saturated rings. The molecule has 116 valence electrons. The van der Waals surface area contributed by atoms with Crippen molar-refractivity contribution in [2.24, 2.45) is 0 Å². The Morgan fingerprint density at radius 1 is 1.09 bits per heavy atom. The lowest BCUT2D eigenvalue weighted by Crippen LogP contribution is -2.29. The molecular weight excluding hydrogens is 290 g/mol. The highest BCUT2D eigenvalue weighted by atomic mass is 32.2. The molecule has 0 spiro atoms. The number of hydrogen-bond acceptors (Lipinski definition) is 2. The smallest absolute Gasteiger partial charge is 0.230 e. The topological polar surface area (TPSA) is 29.1 Å². The number of thioether (sulfide) groups is 1. The zero-order chi connectivity index (χ0) is 15.8. The van der Waals surface area contributed by atoms with Gasteiger partial charge in [0.25, 0.3) is 0 Å². The van der Waals surface area contributed by atoms with Crippen molar-refractivity contribution in [3.63, 3.8) is 0 Å². The van der Waals surface area contributed by atoms with Crippen molar-refractivity contribution in [3.8, 4) is 0 Å². The van der Waals surface area contributed by atoms with Crippen molar-refractivity contribution in [2.75, 3.05) is 12.3 Å². The quantitative estimate of drug-likeness (QED) is 0.832. The zero-order valence-corrected chi connectivity index (χ0v) is 14.0. The fourth-order valence-electron chi connectivity index (χ4n) is 2.24. The molecule has 1 amide bonds. The van der Waals surface area contributed by atoms with Gasteiger partial charge in [0.2, 0.25) is 5.91 Å². The van der Waals surface area contributed by atoms with Crippen molar-refractivity contribution >= 4 is 17.7 Å². The summed E-state index contributed by atoms with van der Waals surface area (Å²) in [5, 5.41) is 3.02. The lowest BCUT2D eigenvalue weighted by molar-refractivity contribution is -0.118. The van der Waals surface area contributed by atoms with E-state index in [9.17, 15) is 4.79 Å². The Kier molecular flexibility index (Phi) is 6.53. The lowest BCUT2D eigenvalue weighted by Gasteiger charge is -2.13. The summed E-state index contributed by atoms with van der Waals surface area (Å²) in [7, 11) is 0. The van der Waals surface area contributed by atoms with Crippen LogP contribution in [0.4, 0.5) is 0 Å². The molecule has 0 bridgehead atoms. The van der Waals surface area contributed by atoms with E-state index in [0.29, 0.717) is 18.2 Å². The van der Waals surface area contributed by atoms with Crippen molar-refractivity contribution in [3.05, 3.63) is 71.3 Å². The van der Waals surface area contributed by atoms with Gasteiger partial charge in [-0.2, -0.15) is 0 Å². The summed E-state index contributed by atoms with van der Waals surface area (Å²) in [6.07, 6.45) is 0. The van der Waals surface area contributed by atoms with Gasteiger partial charge in [0.15, 0.2) is 0 Å². The first kappa shape index (κ1) is 16.6. The normalized spacial score (nSPS) is 11.9. The van der Waals surface area contributed by atoms with E-state index < -0.39 is 0 Å². The van der Waals surface area contributed by atoms with E-state index in [1.807, 2.05) is 30.3 Å². The highest BCUT2D eigenvalue weighted by molar-refractivity contribution is 7.99. The Labute approximate surface area is 137 Å². The number of amides is 1. The molecule has 0 aliphatic carbocycles. The molecule has 1 unspecified atom stereocenters. The molecule has 0 saturated heterocycles. The first-order chi connectivity index (χ1) is 10.7. The lowest BCUT2D eigenvalue weighted by atomic mass is 10.0. The molecule has 0 aliphatic rings. The highest BCUT2D eigenvalue weighted by Gasteiger charge is 2.08. The largest absolute Gasteiger partial charge is 0.355 e. The summed E-state index contributed by atoms with van der Waals surface area (Å²) < 4.78 is 0. The van der Waals surface area contributed by atoms with E-state index in [1.165, 1.54) is 16.7 Å². The van der Waals surface area contributed by atoms with Gasteiger partial charge in [-0.15, -0.1) is 11.8 Å². The van der Waals surface area contributed by atoms with E-state index in [-0.39, 0.29) is 5.91 Å². The van der Waals surface area contributed by atoms with Gasteiger partial charge in [0, 0.05) is 12.3 Å². The number of rotatable bonds is 7. The van der Waals surface area contributed by atoms with E-state index in [0.717, 1.165) is 5.75 Å². The van der Waals surface area contributed by atoms with Crippen LogP contribution in [0.5, 0.6) is 0 Å². The van der Waals surface area contributed by atoms with Gasteiger partial charge in [0.05, 0.1) is 5.75 Å². The second kappa shape index (κ2) is 8.64. The summed E-state index contributed by atoms with van der Waals surface area (Å²) in [6, 6.07) is 18.6. The maximum absolute atomic E-state index is 11.9. The van der Waals surface area contributed by atoms with Crippen LogP contribution < -0.4 is 5.32 Å². The summed E-state index contributed by atoms with van der Waals surface area (Å²) in [5.74, 6) is 1.84. The molecule has 0 aliphatic heterocycles. The van der Waals surface area contributed by atoms with Gasteiger partial charge in [0.1, 0.15) is 0 Å².